The Morgan fingerprint density at radius 3 is 2.82 bits per heavy atom. The summed E-state index contributed by atoms with van der Waals surface area (Å²) in [5.74, 6) is 1.59. The molecule has 5 heteroatoms. The van der Waals surface area contributed by atoms with Crippen molar-refractivity contribution in [1.82, 2.24) is 14.9 Å². The van der Waals surface area contributed by atoms with Crippen LogP contribution in [0.25, 0.3) is 0 Å². The van der Waals surface area contributed by atoms with E-state index in [4.69, 9.17) is 4.74 Å². The summed E-state index contributed by atoms with van der Waals surface area (Å²) in [5.41, 5.74) is 2.98. The third-order valence-corrected chi connectivity index (χ3v) is 3.91. The Morgan fingerprint density at radius 2 is 2.09 bits per heavy atom. The van der Waals surface area contributed by atoms with Crippen molar-refractivity contribution >= 4 is 0 Å². The van der Waals surface area contributed by atoms with Gasteiger partial charge in [-0.1, -0.05) is 12.1 Å². The molecule has 1 aromatic carbocycles. The van der Waals surface area contributed by atoms with Crippen molar-refractivity contribution < 1.29 is 4.74 Å². The predicted molar refractivity (Wildman–Crippen MR) is 85.0 cm³/mol. The number of aryl methyl sites for hydroxylation is 1. The van der Waals surface area contributed by atoms with Gasteiger partial charge < -0.3 is 9.72 Å². The van der Waals surface area contributed by atoms with E-state index in [1.54, 1.807) is 0 Å². The first kappa shape index (κ1) is 14.8. The molecule has 3 rings (SSSR count). The van der Waals surface area contributed by atoms with Crippen LogP contribution >= 0.6 is 0 Å². The van der Waals surface area contributed by atoms with Gasteiger partial charge in [-0.05, 0) is 31.5 Å². The van der Waals surface area contributed by atoms with E-state index in [1.807, 2.05) is 26.0 Å². The molecule has 0 unspecified atom stereocenters. The fourth-order valence-corrected chi connectivity index (χ4v) is 2.86. The van der Waals surface area contributed by atoms with Crippen LogP contribution in [0.5, 0.6) is 5.75 Å². The van der Waals surface area contributed by atoms with Gasteiger partial charge in [0.25, 0.3) is 5.56 Å². The van der Waals surface area contributed by atoms with Crippen LogP contribution in [0.15, 0.2) is 29.1 Å². The lowest BCUT2D eigenvalue weighted by Gasteiger charge is -2.27. The van der Waals surface area contributed by atoms with E-state index >= 15 is 0 Å². The van der Waals surface area contributed by atoms with Crippen molar-refractivity contribution in [3.8, 4) is 5.75 Å². The van der Waals surface area contributed by atoms with E-state index in [0.717, 1.165) is 36.5 Å². The van der Waals surface area contributed by atoms with Gasteiger partial charge in [-0.15, -0.1) is 0 Å². The number of hydrogen-bond acceptors (Lipinski definition) is 4. The van der Waals surface area contributed by atoms with E-state index in [2.05, 4.69) is 27.0 Å². The highest BCUT2D eigenvalue weighted by Gasteiger charge is 2.20. The quantitative estimate of drug-likeness (QED) is 0.938. The minimum Gasteiger partial charge on any atom is -0.494 e. The number of benzene rings is 1. The predicted octanol–water partition coefficient (Wildman–Crippen LogP) is 2.04. The third kappa shape index (κ3) is 3.20. The molecule has 1 N–H and O–H groups in total. The monoisotopic (exact) mass is 299 g/mol. The van der Waals surface area contributed by atoms with Gasteiger partial charge in [-0.3, -0.25) is 9.69 Å². The van der Waals surface area contributed by atoms with Crippen molar-refractivity contribution in [2.45, 2.75) is 33.4 Å². The molecule has 22 heavy (non-hydrogen) atoms. The van der Waals surface area contributed by atoms with E-state index in [-0.39, 0.29) is 5.56 Å². The van der Waals surface area contributed by atoms with Crippen molar-refractivity contribution in [2.24, 2.45) is 0 Å². The lowest BCUT2D eigenvalue weighted by molar-refractivity contribution is 0.241. The molecule has 116 valence electrons. The summed E-state index contributed by atoms with van der Waals surface area (Å²) in [6, 6.07) is 8.15. The molecule has 1 aromatic heterocycles. The first-order valence-corrected chi connectivity index (χ1v) is 7.68. The smallest absolute Gasteiger partial charge is 0.255 e. The second-order valence-corrected chi connectivity index (χ2v) is 5.61. The molecule has 0 fully saturated rings. The second-order valence-electron chi connectivity index (χ2n) is 5.61. The Hall–Kier alpha value is -2.14. The number of H-pyrrole nitrogens is 1. The molecule has 1 aliphatic heterocycles. The molecule has 5 nitrogen and oxygen atoms in total. The number of hydrogen-bond donors (Lipinski definition) is 1. The van der Waals surface area contributed by atoms with Gasteiger partial charge in [0.05, 0.1) is 17.9 Å². The highest BCUT2D eigenvalue weighted by Crippen LogP contribution is 2.18. The largest absolute Gasteiger partial charge is 0.494 e. The number of aromatic amines is 1. The molecule has 0 bridgehead atoms. The second kappa shape index (κ2) is 6.32. The average molecular weight is 299 g/mol. The van der Waals surface area contributed by atoms with Crippen LogP contribution < -0.4 is 10.3 Å². The van der Waals surface area contributed by atoms with Gasteiger partial charge in [0, 0.05) is 26.1 Å². The Bertz CT molecular complexity index is 707. The molecule has 0 spiro atoms. The molecule has 0 amide bonds. The van der Waals surface area contributed by atoms with Crippen molar-refractivity contribution in [3.63, 3.8) is 0 Å². The van der Waals surface area contributed by atoms with Crippen molar-refractivity contribution in [1.29, 1.82) is 0 Å². The summed E-state index contributed by atoms with van der Waals surface area (Å²) < 4.78 is 5.46. The van der Waals surface area contributed by atoms with E-state index < -0.39 is 0 Å². The molecule has 0 saturated carbocycles. The minimum absolute atomic E-state index is 0.00102. The Morgan fingerprint density at radius 1 is 1.32 bits per heavy atom. The van der Waals surface area contributed by atoms with Crippen LogP contribution in [-0.2, 0) is 19.5 Å². The van der Waals surface area contributed by atoms with Gasteiger partial charge >= 0.3 is 0 Å². The zero-order chi connectivity index (χ0) is 15.5. The van der Waals surface area contributed by atoms with E-state index in [9.17, 15) is 4.79 Å². The maximum Gasteiger partial charge on any atom is 0.255 e. The molecule has 0 aliphatic carbocycles. The van der Waals surface area contributed by atoms with Crippen LogP contribution in [0.1, 0.15) is 29.6 Å². The maximum absolute atomic E-state index is 12.1. The highest BCUT2D eigenvalue weighted by atomic mass is 16.5. The number of fused-ring (bicyclic) bond motifs is 1. The summed E-state index contributed by atoms with van der Waals surface area (Å²) in [7, 11) is 0. The van der Waals surface area contributed by atoms with Crippen molar-refractivity contribution in [2.75, 3.05) is 13.2 Å². The topological polar surface area (TPSA) is 58.2 Å². The van der Waals surface area contributed by atoms with Gasteiger partial charge in [0.1, 0.15) is 11.6 Å². The molecule has 1 aliphatic rings. The Labute approximate surface area is 130 Å². The number of rotatable bonds is 4. The standard InChI is InChI=1S/C17H21N3O2/c1-3-22-14-6-4-13(5-7-14)10-20-9-8-16-15(11-20)17(21)19-12(2)18-16/h4-7H,3,8-11H2,1-2H3,(H,18,19,21). The molecule has 0 atom stereocenters. The SMILES string of the molecule is CCOc1ccc(CN2CCc3nc(C)[nH]c(=O)c3C2)cc1. The summed E-state index contributed by atoms with van der Waals surface area (Å²) in [5, 5.41) is 0. The highest BCUT2D eigenvalue weighted by molar-refractivity contribution is 5.28. The van der Waals surface area contributed by atoms with Gasteiger partial charge in [0.15, 0.2) is 0 Å². The average Bonchev–Trinajstić information content (AvgIpc) is 2.50. The maximum atomic E-state index is 12.1. The summed E-state index contributed by atoms with van der Waals surface area (Å²) in [4.78, 5) is 21.6. The first-order chi connectivity index (χ1) is 10.7. The van der Waals surface area contributed by atoms with Gasteiger partial charge in [0.2, 0.25) is 0 Å². The number of ether oxygens (including phenoxy) is 1. The number of nitrogens with one attached hydrogen (secondary N) is 1. The molecular weight excluding hydrogens is 278 g/mol. The zero-order valence-corrected chi connectivity index (χ0v) is 13.1. The van der Waals surface area contributed by atoms with Crippen molar-refractivity contribution in [3.05, 3.63) is 57.3 Å². The van der Waals surface area contributed by atoms with Crippen LogP contribution in [0.3, 0.4) is 0 Å². The summed E-state index contributed by atoms with van der Waals surface area (Å²) in [6.45, 7) is 6.90. The Kier molecular flexibility index (Phi) is 4.24. The van der Waals surface area contributed by atoms with Gasteiger partial charge in [-0.2, -0.15) is 0 Å². The Balaban J connectivity index is 1.71. The number of nitrogens with zero attached hydrogens (tertiary/aromatic N) is 2. The third-order valence-electron chi connectivity index (χ3n) is 3.91. The molecule has 2 aromatic rings. The van der Waals surface area contributed by atoms with Crippen LogP contribution in [0.2, 0.25) is 0 Å². The van der Waals surface area contributed by atoms with Crippen LogP contribution in [0, 0.1) is 6.92 Å². The summed E-state index contributed by atoms with van der Waals surface area (Å²) >= 11 is 0. The zero-order valence-electron chi connectivity index (χ0n) is 13.1. The van der Waals surface area contributed by atoms with E-state index in [1.165, 1.54) is 5.56 Å². The lowest BCUT2D eigenvalue weighted by Crippen LogP contribution is -2.35. The number of aromatic nitrogens is 2. The molecule has 0 saturated heterocycles. The van der Waals surface area contributed by atoms with Crippen LogP contribution in [-0.4, -0.2) is 28.0 Å². The summed E-state index contributed by atoms with van der Waals surface area (Å²) in [6.07, 6.45) is 0.830. The molecule has 0 radical (unpaired) electrons. The molecule has 2 heterocycles. The first-order valence-electron chi connectivity index (χ1n) is 7.68. The lowest BCUT2D eigenvalue weighted by atomic mass is 10.1. The molecular formula is C17H21N3O2. The fraction of sp³-hybridized carbons (Fsp3) is 0.412. The van der Waals surface area contributed by atoms with Crippen LogP contribution in [0.4, 0.5) is 0 Å². The van der Waals surface area contributed by atoms with Gasteiger partial charge in [-0.25, -0.2) is 4.98 Å². The fourth-order valence-electron chi connectivity index (χ4n) is 2.86. The normalized spacial score (nSPS) is 14.6. The van der Waals surface area contributed by atoms with E-state index in [0.29, 0.717) is 19.0 Å². The minimum atomic E-state index is -0.00102.